The molecule has 0 atom stereocenters. The van der Waals surface area contributed by atoms with E-state index in [1.54, 1.807) is 16.8 Å². The fourth-order valence-corrected chi connectivity index (χ4v) is 2.29. The Hall–Kier alpha value is -1.81. The van der Waals surface area contributed by atoms with Gasteiger partial charge in [0.25, 0.3) is 0 Å². The second-order valence-corrected chi connectivity index (χ2v) is 7.14. The molecule has 0 spiro atoms. The third-order valence-corrected chi connectivity index (χ3v) is 3.85. The predicted octanol–water partition coefficient (Wildman–Crippen LogP) is 4.14. The van der Waals surface area contributed by atoms with Gasteiger partial charge in [0.15, 0.2) is 0 Å². The number of hydrogen-bond donors (Lipinski definition) is 0. The van der Waals surface area contributed by atoms with Crippen molar-refractivity contribution < 1.29 is 9.53 Å². The van der Waals surface area contributed by atoms with Gasteiger partial charge in [-0.2, -0.15) is 5.10 Å². The molecule has 1 aliphatic carbocycles. The predicted molar refractivity (Wildman–Crippen MR) is 85.6 cm³/mol. The average Bonchev–Trinajstić information content (AvgIpc) is 3.19. The molecule has 116 valence electrons. The number of halogens is 1. The number of ether oxygens (including phenoxy) is 1. The quantitative estimate of drug-likeness (QED) is 0.799. The van der Waals surface area contributed by atoms with E-state index in [9.17, 15) is 4.79 Å². The van der Waals surface area contributed by atoms with Crippen molar-refractivity contribution in [1.82, 2.24) is 9.78 Å². The normalized spacial score (nSPS) is 14.9. The van der Waals surface area contributed by atoms with Gasteiger partial charge < -0.3 is 4.74 Å². The molecule has 1 aromatic carbocycles. The first-order valence-corrected chi connectivity index (χ1v) is 7.80. The van der Waals surface area contributed by atoms with Gasteiger partial charge in [-0.15, -0.1) is 0 Å². The second-order valence-electron chi connectivity index (χ2n) is 6.70. The van der Waals surface area contributed by atoms with Gasteiger partial charge in [-0.3, -0.25) is 4.79 Å². The van der Waals surface area contributed by atoms with Crippen molar-refractivity contribution in [3.8, 4) is 11.6 Å². The van der Waals surface area contributed by atoms with E-state index in [1.807, 2.05) is 18.2 Å². The maximum atomic E-state index is 12.0. The Labute approximate surface area is 135 Å². The molecule has 1 aliphatic rings. The summed E-state index contributed by atoms with van der Waals surface area (Å²) in [4.78, 5) is 12.0. The molecule has 22 heavy (non-hydrogen) atoms. The first-order chi connectivity index (χ1) is 10.3. The molecule has 2 aromatic rings. The zero-order chi connectivity index (χ0) is 15.9. The summed E-state index contributed by atoms with van der Waals surface area (Å²) in [5.41, 5.74) is 1.51. The maximum absolute atomic E-state index is 12.0. The lowest BCUT2D eigenvalue weighted by molar-refractivity contribution is -0.136. The number of esters is 1. The van der Waals surface area contributed by atoms with Gasteiger partial charge in [0.1, 0.15) is 0 Å². The zero-order valence-corrected chi connectivity index (χ0v) is 13.7. The number of nitrogens with zero attached hydrogens (tertiary/aromatic N) is 2. The third kappa shape index (κ3) is 3.17. The lowest BCUT2D eigenvalue weighted by atomic mass is 9.93. The summed E-state index contributed by atoms with van der Waals surface area (Å²) >= 11 is 6.06. The Balaban J connectivity index is 2.02. The van der Waals surface area contributed by atoms with E-state index in [-0.39, 0.29) is 17.3 Å². The monoisotopic (exact) mass is 318 g/mol. The summed E-state index contributed by atoms with van der Waals surface area (Å²) in [5.74, 6) is 0.313. The van der Waals surface area contributed by atoms with Crippen LogP contribution in [0.25, 0.3) is 5.69 Å². The van der Waals surface area contributed by atoms with Crippen LogP contribution in [0.3, 0.4) is 0 Å². The Morgan fingerprint density at radius 2 is 2.05 bits per heavy atom. The molecule has 0 N–H and O–H groups in total. The van der Waals surface area contributed by atoms with Gasteiger partial charge in [-0.05, 0) is 31.0 Å². The Kier molecular flexibility index (Phi) is 3.73. The van der Waals surface area contributed by atoms with Crippen LogP contribution in [0.15, 0.2) is 30.3 Å². The molecule has 0 saturated heterocycles. The van der Waals surface area contributed by atoms with Crippen molar-refractivity contribution in [2.24, 2.45) is 5.92 Å². The molecule has 0 aliphatic heterocycles. The lowest BCUT2D eigenvalue weighted by Gasteiger charge is -2.13. The standard InChI is InChI=1S/C17H19ClN2O2/c1-17(2,3)14-10-15(22-16(21)11-7-8-11)20(19-14)13-6-4-5-12(18)9-13/h4-6,9-11H,7-8H2,1-3H3. The highest BCUT2D eigenvalue weighted by molar-refractivity contribution is 6.30. The van der Waals surface area contributed by atoms with Gasteiger partial charge in [0, 0.05) is 16.5 Å². The van der Waals surface area contributed by atoms with E-state index < -0.39 is 0 Å². The molecular formula is C17H19ClN2O2. The van der Waals surface area contributed by atoms with Crippen LogP contribution in [0.2, 0.25) is 5.02 Å². The number of carbonyl (C=O) groups is 1. The molecule has 0 unspecified atom stereocenters. The van der Waals surface area contributed by atoms with Crippen molar-refractivity contribution >= 4 is 17.6 Å². The number of aromatic nitrogens is 2. The van der Waals surface area contributed by atoms with Crippen molar-refractivity contribution in [2.45, 2.75) is 39.0 Å². The topological polar surface area (TPSA) is 44.1 Å². The molecule has 4 nitrogen and oxygen atoms in total. The highest BCUT2D eigenvalue weighted by atomic mass is 35.5. The summed E-state index contributed by atoms with van der Waals surface area (Å²) in [6.45, 7) is 6.22. The third-order valence-electron chi connectivity index (χ3n) is 3.61. The summed E-state index contributed by atoms with van der Waals surface area (Å²) in [6, 6.07) is 9.17. The fraction of sp³-hybridized carbons (Fsp3) is 0.412. The summed E-state index contributed by atoms with van der Waals surface area (Å²) in [7, 11) is 0. The molecular weight excluding hydrogens is 300 g/mol. The SMILES string of the molecule is CC(C)(C)c1cc(OC(=O)C2CC2)n(-c2cccc(Cl)c2)n1. The van der Waals surface area contributed by atoms with E-state index in [0.717, 1.165) is 24.2 Å². The van der Waals surface area contributed by atoms with E-state index in [2.05, 4.69) is 25.9 Å². The molecule has 1 aromatic heterocycles. The van der Waals surface area contributed by atoms with Crippen LogP contribution in [0.5, 0.6) is 5.88 Å². The lowest BCUT2D eigenvalue weighted by Crippen LogP contribution is -2.13. The van der Waals surface area contributed by atoms with Gasteiger partial charge in [-0.25, -0.2) is 4.68 Å². The van der Waals surface area contributed by atoms with Crippen LogP contribution in [0.4, 0.5) is 0 Å². The fourth-order valence-electron chi connectivity index (χ4n) is 2.10. The van der Waals surface area contributed by atoms with E-state index in [0.29, 0.717) is 10.9 Å². The van der Waals surface area contributed by atoms with Crippen molar-refractivity contribution in [3.63, 3.8) is 0 Å². The van der Waals surface area contributed by atoms with Gasteiger partial charge in [-0.1, -0.05) is 38.4 Å². The number of rotatable bonds is 3. The van der Waals surface area contributed by atoms with Crippen LogP contribution in [0.1, 0.15) is 39.3 Å². The minimum atomic E-state index is -0.177. The molecule has 0 radical (unpaired) electrons. The Bertz CT molecular complexity index is 712. The highest BCUT2D eigenvalue weighted by Crippen LogP contribution is 2.33. The van der Waals surface area contributed by atoms with Crippen LogP contribution in [-0.2, 0) is 10.2 Å². The first kappa shape index (κ1) is 15.1. The van der Waals surface area contributed by atoms with Crippen LogP contribution >= 0.6 is 11.6 Å². The number of benzene rings is 1. The summed E-state index contributed by atoms with van der Waals surface area (Å²) in [6.07, 6.45) is 1.83. The van der Waals surface area contributed by atoms with Crippen LogP contribution < -0.4 is 4.74 Å². The van der Waals surface area contributed by atoms with Gasteiger partial charge in [0.05, 0.1) is 17.3 Å². The molecule has 1 saturated carbocycles. The van der Waals surface area contributed by atoms with Gasteiger partial charge in [0.2, 0.25) is 5.88 Å². The first-order valence-electron chi connectivity index (χ1n) is 7.43. The van der Waals surface area contributed by atoms with Crippen molar-refractivity contribution in [1.29, 1.82) is 0 Å². The smallest absolute Gasteiger partial charge is 0.315 e. The molecule has 0 bridgehead atoms. The summed E-state index contributed by atoms with van der Waals surface area (Å²) < 4.78 is 7.20. The molecule has 1 heterocycles. The molecule has 1 fully saturated rings. The minimum Gasteiger partial charge on any atom is -0.407 e. The molecule has 0 amide bonds. The zero-order valence-electron chi connectivity index (χ0n) is 13.0. The highest BCUT2D eigenvalue weighted by Gasteiger charge is 2.33. The second kappa shape index (κ2) is 5.43. The van der Waals surface area contributed by atoms with Crippen LogP contribution in [0, 0.1) is 5.92 Å². The number of carbonyl (C=O) groups excluding carboxylic acids is 1. The van der Waals surface area contributed by atoms with E-state index in [1.165, 1.54) is 0 Å². The maximum Gasteiger partial charge on any atom is 0.315 e. The van der Waals surface area contributed by atoms with Gasteiger partial charge >= 0.3 is 5.97 Å². The Morgan fingerprint density at radius 1 is 1.32 bits per heavy atom. The number of hydrogen-bond acceptors (Lipinski definition) is 3. The van der Waals surface area contributed by atoms with Crippen LogP contribution in [-0.4, -0.2) is 15.7 Å². The summed E-state index contributed by atoms with van der Waals surface area (Å²) in [5, 5.41) is 5.22. The molecule has 5 heteroatoms. The molecule has 3 rings (SSSR count). The largest absolute Gasteiger partial charge is 0.407 e. The van der Waals surface area contributed by atoms with E-state index >= 15 is 0 Å². The van der Waals surface area contributed by atoms with Crippen molar-refractivity contribution in [3.05, 3.63) is 41.0 Å². The van der Waals surface area contributed by atoms with E-state index in [4.69, 9.17) is 16.3 Å². The minimum absolute atomic E-state index is 0.0424. The Morgan fingerprint density at radius 3 is 2.64 bits per heavy atom. The van der Waals surface area contributed by atoms with Crippen molar-refractivity contribution in [2.75, 3.05) is 0 Å². The average molecular weight is 319 g/mol.